The van der Waals surface area contributed by atoms with E-state index < -0.39 is 0 Å². The molecule has 2 rings (SSSR count). The average Bonchev–Trinajstić information content (AvgIpc) is 2.70. The summed E-state index contributed by atoms with van der Waals surface area (Å²) >= 11 is 10.3. The first-order chi connectivity index (χ1) is 8.87. The van der Waals surface area contributed by atoms with Crippen molar-refractivity contribution in [3.8, 4) is 0 Å². The maximum absolute atomic E-state index is 6.68. The van der Waals surface area contributed by atoms with Gasteiger partial charge in [0.1, 0.15) is 0 Å². The minimum absolute atomic E-state index is 0.0535. The first-order valence-electron chi connectivity index (χ1n) is 7.23. The highest BCUT2D eigenvalue weighted by molar-refractivity contribution is 9.10. The summed E-state index contributed by atoms with van der Waals surface area (Å²) in [5.41, 5.74) is 1.35. The number of aromatic nitrogens is 2. The lowest BCUT2D eigenvalue weighted by molar-refractivity contribution is 0.198. The van der Waals surface area contributed by atoms with E-state index >= 15 is 0 Å². The maximum atomic E-state index is 6.68. The van der Waals surface area contributed by atoms with Crippen LogP contribution in [-0.2, 0) is 12.0 Å². The third-order valence-corrected chi connectivity index (χ3v) is 5.73. The van der Waals surface area contributed by atoms with Crippen molar-refractivity contribution < 1.29 is 0 Å². The van der Waals surface area contributed by atoms with E-state index in [1.54, 1.807) is 0 Å². The van der Waals surface area contributed by atoms with E-state index in [1.165, 1.54) is 18.5 Å². The van der Waals surface area contributed by atoms with Crippen LogP contribution in [0, 0.1) is 11.8 Å². The van der Waals surface area contributed by atoms with Crippen LogP contribution in [0.5, 0.6) is 0 Å². The summed E-state index contributed by atoms with van der Waals surface area (Å²) in [6, 6.07) is 0. The number of aryl methyl sites for hydroxylation is 1. The monoisotopic (exact) mass is 346 g/mol. The lowest BCUT2D eigenvalue weighted by Crippen LogP contribution is -2.40. The van der Waals surface area contributed by atoms with Gasteiger partial charge >= 0.3 is 0 Å². The summed E-state index contributed by atoms with van der Waals surface area (Å²) in [4.78, 5) is 0. The molecule has 1 aromatic heterocycles. The number of hydrogen-bond donors (Lipinski definition) is 0. The molecule has 3 unspecified atom stereocenters. The molecule has 19 heavy (non-hydrogen) atoms. The predicted octanol–water partition coefficient (Wildman–Crippen LogP) is 4.99. The van der Waals surface area contributed by atoms with Crippen molar-refractivity contribution in [3.05, 3.63) is 16.4 Å². The van der Waals surface area contributed by atoms with Gasteiger partial charge in [-0.05, 0) is 47.5 Å². The van der Waals surface area contributed by atoms with Crippen molar-refractivity contribution in [3.63, 3.8) is 0 Å². The van der Waals surface area contributed by atoms with E-state index in [-0.39, 0.29) is 10.8 Å². The molecule has 0 saturated heterocycles. The van der Waals surface area contributed by atoms with Crippen LogP contribution in [0.1, 0.15) is 52.7 Å². The molecule has 1 fully saturated rings. The smallest absolute Gasteiger partial charge is 0.0635 e. The first kappa shape index (κ1) is 15.4. The molecular weight excluding hydrogens is 324 g/mol. The second-order valence-corrected chi connectivity index (χ2v) is 7.83. The zero-order valence-electron chi connectivity index (χ0n) is 12.3. The summed E-state index contributed by atoms with van der Waals surface area (Å²) < 4.78 is 3.22. The molecule has 0 N–H and O–H groups in total. The second-order valence-electron chi connectivity index (χ2n) is 6.42. The van der Waals surface area contributed by atoms with Crippen LogP contribution in [-0.4, -0.2) is 15.2 Å². The molecule has 1 aromatic rings. The Hall–Kier alpha value is -0.0200. The molecule has 108 valence electrons. The molecule has 0 amide bonds. The Morgan fingerprint density at radius 3 is 2.74 bits per heavy atom. The molecule has 0 bridgehead atoms. The summed E-state index contributed by atoms with van der Waals surface area (Å²) in [5.74, 6) is 1.28. The first-order valence-corrected chi connectivity index (χ1v) is 8.46. The zero-order chi connectivity index (χ0) is 14.2. The molecule has 0 aromatic carbocycles. The summed E-state index contributed by atoms with van der Waals surface area (Å²) in [6.45, 7) is 9.99. The van der Waals surface area contributed by atoms with Crippen molar-refractivity contribution >= 4 is 27.5 Å². The van der Waals surface area contributed by atoms with Crippen LogP contribution < -0.4 is 0 Å². The number of nitrogens with zero attached hydrogens (tertiary/aromatic N) is 2. The minimum atomic E-state index is 0.0535. The van der Waals surface area contributed by atoms with Gasteiger partial charge in [-0.15, -0.1) is 11.6 Å². The van der Waals surface area contributed by atoms with E-state index in [4.69, 9.17) is 11.6 Å². The maximum Gasteiger partial charge on any atom is 0.0635 e. The van der Waals surface area contributed by atoms with Crippen LogP contribution in [0.15, 0.2) is 10.7 Å². The van der Waals surface area contributed by atoms with Crippen molar-refractivity contribution in [1.29, 1.82) is 0 Å². The van der Waals surface area contributed by atoms with Gasteiger partial charge in [-0.3, -0.25) is 4.68 Å². The van der Waals surface area contributed by atoms with Gasteiger partial charge in [0.15, 0.2) is 0 Å². The lowest BCUT2D eigenvalue weighted by Gasteiger charge is -2.42. The Labute approximate surface area is 130 Å². The predicted molar refractivity (Wildman–Crippen MR) is 84.8 cm³/mol. The van der Waals surface area contributed by atoms with E-state index in [1.807, 2.05) is 6.20 Å². The van der Waals surface area contributed by atoms with E-state index in [2.05, 4.69) is 53.4 Å². The van der Waals surface area contributed by atoms with Crippen molar-refractivity contribution in [2.45, 2.75) is 64.3 Å². The molecule has 3 atom stereocenters. The van der Waals surface area contributed by atoms with Gasteiger partial charge in [-0.25, -0.2) is 0 Å². The third-order valence-electron chi connectivity index (χ3n) is 4.67. The molecule has 2 nitrogen and oxygen atoms in total. The van der Waals surface area contributed by atoms with Gasteiger partial charge < -0.3 is 0 Å². The fourth-order valence-electron chi connectivity index (χ4n) is 3.54. The van der Waals surface area contributed by atoms with Crippen LogP contribution in [0.25, 0.3) is 0 Å². The molecule has 0 aliphatic heterocycles. The minimum Gasteiger partial charge on any atom is -0.268 e. The van der Waals surface area contributed by atoms with Gasteiger partial charge in [0, 0.05) is 17.3 Å². The molecule has 0 spiro atoms. The van der Waals surface area contributed by atoms with Crippen LogP contribution in [0.2, 0.25) is 0 Å². The summed E-state index contributed by atoms with van der Waals surface area (Å²) in [7, 11) is 0. The number of rotatable bonds is 3. The fraction of sp³-hybridized carbons (Fsp3) is 0.800. The van der Waals surface area contributed by atoms with Crippen LogP contribution >= 0.6 is 27.5 Å². The molecule has 1 saturated carbocycles. The zero-order valence-corrected chi connectivity index (χ0v) is 14.6. The summed E-state index contributed by atoms with van der Waals surface area (Å²) in [5, 5.41) is 4.73. The van der Waals surface area contributed by atoms with E-state index in [0.29, 0.717) is 5.92 Å². The number of alkyl halides is 1. The average molecular weight is 348 g/mol. The molecule has 1 aliphatic rings. The highest BCUT2D eigenvalue weighted by Crippen LogP contribution is 2.46. The highest BCUT2D eigenvalue weighted by atomic mass is 79.9. The van der Waals surface area contributed by atoms with Gasteiger partial charge in [0.25, 0.3) is 0 Å². The Morgan fingerprint density at radius 2 is 2.16 bits per heavy atom. The largest absolute Gasteiger partial charge is 0.268 e. The third kappa shape index (κ3) is 2.87. The number of halogens is 2. The van der Waals surface area contributed by atoms with Crippen LogP contribution in [0.4, 0.5) is 0 Å². The normalized spacial score (nSPS) is 28.6. The Kier molecular flexibility index (Phi) is 4.67. The van der Waals surface area contributed by atoms with Gasteiger partial charge in [-0.2, -0.15) is 5.10 Å². The molecule has 1 aliphatic carbocycles. The fourth-order valence-corrected chi connectivity index (χ4v) is 5.10. The molecule has 0 radical (unpaired) electrons. The topological polar surface area (TPSA) is 17.8 Å². The Balaban J connectivity index is 2.33. The van der Waals surface area contributed by atoms with Gasteiger partial charge in [0.2, 0.25) is 0 Å². The highest BCUT2D eigenvalue weighted by Gasteiger charge is 2.41. The summed E-state index contributed by atoms with van der Waals surface area (Å²) in [6.07, 6.45) is 5.54. The van der Waals surface area contributed by atoms with Crippen molar-refractivity contribution in [2.75, 3.05) is 0 Å². The second kappa shape index (κ2) is 5.77. The van der Waals surface area contributed by atoms with E-state index in [0.717, 1.165) is 23.4 Å². The van der Waals surface area contributed by atoms with Gasteiger partial charge in [0.05, 0.1) is 16.4 Å². The van der Waals surface area contributed by atoms with Crippen molar-refractivity contribution in [1.82, 2.24) is 9.78 Å². The van der Waals surface area contributed by atoms with E-state index in [9.17, 15) is 0 Å². The van der Waals surface area contributed by atoms with Gasteiger partial charge in [-0.1, -0.05) is 27.2 Å². The quantitative estimate of drug-likeness (QED) is 0.705. The molecular formula is C15H24BrClN2. The van der Waals surface area contributed by atoms with Crippen LogP contribution in [0.3, 0.4) is 0 Å². The molecule has 1 heterocycles. The lowest BCUT2D eigenvalue weighted by atomic mass is 9.67. The standard InChI is InChI=1S/C15H24BrClN2/c1-5-19-14(12(16)9-18-19)15(3,4)11-7-6-10(2)8-13(11)17/h9-11,13H,5-8H2,1-4H3. The SMILES string of the molecule is CCn1ncc(Br)c1C(C)(C)C1CCC(C)CC1Cl. The number of hydrogen-bond acceptors (Lipinski definition) is 1. The Morgan fingerprint density at radius 1 is 1.47 bits per heavy atom. The van der Waals surface area contributed by atoms with Crippen molar-refractivity contribution in [2.24, 2.45) is 11.8 Å². The molecule has 4 heteroatoms. The Bertz CT molecular complexity index is 441.